The van der Waals surface area contributed by atoms with Crippen molar-refractivity contribution in [3.8, 4) is 0 Å². The van der Waals surface area contributed by atoms with Crippen molar-refractivity contribution in [2.45, 2.75) is 77.3 Å². The van der Waals surface area contributed by atoms with E-state index in [4.69, 9.17) is 0 Å². The number of amides is 1. The second-order valence-electron chi connectivity index (χ2n) is 7.48. The summed E-state index contributed by atoms with van der Waals surface area (Å²) >= 11 is 0. The minimum absolute atomic E-state index is 0.159. The SMILES string of the molecule is CCCCC1CCC2CCCC(CCNC(=O)C(F)(F)F)C2C1. The molecule has 0 saturated heterocycles. The molecule has 0 spiro atoms. The van der Waals surface area contributed by atoms with Gasteiger partial charge in [0, 0.05) is 6.54 Å². The molecule has 0 heterocycles. The van der Waals surface area contributed by atoms with Gasteiger partial charge < -0.3 is 5.32 Å². The molecule has 0 aliphatic heterocycles. The van der Waals surface area contributed by atoms with Crippen LogP contribution in [0.1, 0.15) is 71.1 Å². The first-order valence-corrected chi connectivity index (χ1v) is 9.26. The number of rotatable bonds is 6. The van der Waals surface area contributed by atoms with Crippen LogP contribution in [0.4, 0.5) is 13.2 Å². The topological polar surface area (TPSA) is 29.1 Å². The molecule has 2 fully saturated rings. The lowest BCUT2D eigenvalue weighted by Gasteiger charge is -2.44. The van der Waals surface area contributed by atoms with E-state index in [9.17, 15) is 18.0 Å². The maximum atomic E-state index is 12.2. The highest BCUT2D eigenvalue weighted by molar-refractivity contribution is 5.81. The largest absolute Gasteiger partial charge is 0.471 e. The van der Waals surface area contributed by atoms with Gasteiger partial charge in [-0.05, 0) is 42.9 Å². The molecule has 23 heavy (non-hydrogen) atoms. The van der Waals surface area contributed by atoms with Crippen molar-refractivity contribution in [3.63, 3.8) is 0 Å². The fourth-order valence-electron chi connectivity index (χ4n) is 4.74. The Labute approximate surface area is 137 Å². The number of fused-ring (bicyclic) bond motifs is 1. The van der Waals surface area contributed by atoms with Crippen LogP contribution < -0.4 is 5.32 Å². The zero-order chi connectivity index (χ0) is 16.9. The van der Waals surface area contributed by atoms with Crippen molar-refractivity contribution in [1.82, 2.24) is 5.32 Å². The summed E-state index contributed by atoms with van der Waals surface area (Å²) in [5, 5.41) is 2.05. The van der Waals surface area contributed by atoms with E-state index in [-0.39, 0.29) is 6.54 Å². The third-order valence-corrected chi connectivity index (χ3v) is 5.94. The molecule has 0 aromatic rings. The van der Waals surface area contributed by atoms with E-state index in [2.05, 4.69) is 6.92 Å². The smallest absolute Gasteiger partial charge is 0.348 e. The number of unbranched alkanes of at least 4 members (excludes halogenated alkanes) is 1. The fraction of sp³-hybridized carbons (Fsp3) is 0.944. The van der Waals surface area contributed by atoms with E-state index in [1.54, 1.807) is 0 Å². The monoisotopic (exact) mass is 333 g/mol. The van der Waals surface area contributed by atoms with Crippen LogP contribution in [-0.2, 0) is 4.79 Å². The van der Waals surface area contributed by atoms with Gasteiger partial charge in [-0.2, -0.15) is 13.2 Å². The van der Waals surface area contributed by atoms with E-state index >= 15 is 0 Å². The molecular formula is C18H30F3NO. The molecule has 2 aliphatic carbocycles. The number of hydrogen-bond acceptors (Lipinski definition) is 1. The van der Waals surface area contributed by atoms with Gasteiger partial charge in [-0.1, -0.05) is 51.9 Å². The quantitative estimate of drug-likeness (QED) is 0.722. The van der Waals surface area contributed by atoms with Gasteiger partial charge in [0.05, 0.1) is 0 Å². The van der Waals surface area contributed by atoms with Crippen LogP contribution in [0.5, 0.6) is 0 Å². The molecular weight excluding hydrogens is 303 g/mol. The van der Waals surface area contributed by atoms with Crippen molar-refractivity contribution in [1.29, 1.82) is 0 Å². The Kier molecular flexibility index (Phi) is 6.78. The van der Waals surface area contributed by atoms with Crippen LogP contribution in [-0.4, -0.2) is 18.6 Å². The van der Waals surface area contributed by atoms with Crippen LogP contribution in [0.2, 0.25) is 0 Å². The first-order valence-electron chi connectivity index (χ1n) is 9.26. The molecule has 0 bridgehead atoms. The highest BCUT2D eigenvalue weighted by Crippen LogP contribution is 2.47. The highest BCUT2D eigenvalue weighted by Gasteiger charge is 2.40. The molecule has 1 amide bonds. The standard InChI is InChI=1S/C18H30F3NO/c1-2-3-5-13-8-9-14-6-4-7-15(16(14)12-13)10-11-22-17(23)18(19,20)21/h13-16H,2-12H2,1H3,(H,22,23). The van der Waals surface area contributed by atoms with Crippen LogP contribution in [0.3, 0.4) is 0 Å². The van der Waals surface area contributed by atoms with E-state index in [1.165, 1.54) is 51.4 Å². The molecule has 4 unspecified atom stereocenters. The molecule has 1 N–H and O–H groups in total. The Morgan fingerprint density at radius 2 is 1.91 bits per heavy atom. The van der Waals surface area contributed by atoms with Crippen molar-refractivity contribution >= 4 is 5.91 Å². The van der Waals surface area contributed by atoms with Crippen molar-refractivity contribution < 1.29 is 18.0 Å². The Bertz CT molecular complexity index is 383. The molecule has 2 rings (SSSR count). The maximum absolute atomic E-state index is 12.2. The van der Waals surface area contributed by atoms with Gasteiger partial charge in [0.2, 0.25) is 0 Å². The Morgan fingerprint density at radius 3 is 2.61 bits per heavy atom. The number of carbonyl (C=O) groups is 1. The van der Waals surface area contributed by atoms with E-state index in [0.717, 1.165) is 18.3 Å². The Hall–Kier alpha value is -0.740. The molecule has 2 nitrogen and oxygen atoms in total. The number of alkyl halides is 3. The van der Waals surface area contributed by atoms with Gasteiger partial charge in [-0.15, -0.1) is 0 Å². The molecule has 4 atom stereocenters. The summed E-state index contributed by atoms with van der Waals surface area (Å²) in [6.45, 7) is 2.38. The minimum Gasteiger partial charge on any atom is -0.348 e. The molecule has 5 heteroatoms. The summed E-state index contributed by atoms with van der Waals surface area (Å²) in [6.07, 6.45) is 7.24. The van der Waals surface area contributed by atoms with Gasteiger partial charge in [-0.25, -0.2) is 0 Å². The first kappa shape index (κ1) is 18.6. The van der Waals surface area contributed by atoms with Gasteiger partial charge in [-0.3, -0.25) is 4.79 Å². The summed E-state index contributed by atoms with van der Waals surface area (Å²) in [7, 11) is 0. The predicted octanol–water partition coefficient (Wildman–Crippen LogP) is 5.08. The van der Waals surface area contributed by atoms with Crippen LogP contribution >= 0.6 is 0 Å². The van der Waals surface area contributed by atoms with Crippen molar-refractivity contribution in [3.05, 3.63) is 0 Å². The molecule has 2 saturated carbocycles. The van der Waals surface area contributed by atoms with Crippen molar-refractivity contribution in [2.75, 3.05) is 6.54 Å². The number of halogens is 3. The van der Waals surface area contributed by atoms with Crippen LogP contribution in [0.25, 0.3) is 0 Å². The lowest BCUT2D eigenvalue weighted by atomic mass is 9.61. The minimum atomic E-state index is -4.76. The third-order valence-electron chi connectivity index (χ3n) is 5.94. The molecule has 0 aromatic carbocycles. The van der Waals surface area contributed by atoms with Crippen molar-refractivity contribution in [2.24, 2.45) is 23.7 Å². The number of nitrogens with one attached hydrogen (secondary N) is 1. The Morgan fingerprint density at radius 1 is 1.13 bits per heavy atom. The zero-order valence-corrected chi connectivity index (χ0v) is 14.1. The molecule has 0 radical (unpaired) electrons. The van der Waals surface area contributed by atoms with Crippen LogP contribution in [0, 0.1) is 23.7 Å². The number of hydrogen-bond donors (Lipinski definition) is 1. The van der Waals surface area contributed by atoms with Gasteiger partial charge >= 0.3 is 12.1 Å². The zero-order valence-electron chi connectivity index (χ0n) is 14.1. The van der Waals surface area contributed by atoms with E-state index in [0.29, 0.717) is 18.3 Å². The normalized spacial score (nSPS) is 31.5. The third kappa shape index (κ3) is 5.39. The van der Waals surface area contributed by atoms with Gasteiger partial charge in [0.1, 0.15) is 0 Å². The van der Waals surface area contributed by atoms with Gasteiger partial charge in [0.25, 0.3) is 0 Å². The van der Waals surface area contributed by atoms with E-state index < -0.39 is 12.1 Å². The summed E-state index contributed by atoms with van der Waals surface area (Å²) in [6, 6.07) is 0. The second-order valence-corrected chi connectivity index (χ2v) is 7.48. The van der Waals surface area contributed by atoms with E-state index in [1.807, 2.05) is 5.32 Å². The summed E-state index contributed by atoms with van der Waals surface area (Å²) < 4.78 is 36.7. The maximum Gasteiger partial charge on any atom is 0.471 e. The molecule has 2 aliphatic rings. The molecule has 0 aromatic heterocycles. The highest BCUT2D eigenvalue weighted by atomic mass is 19.4. The average Bonchev–Trinajstić information content (AvgIpc) is 2.52. The Balaban J connectivity index is 1.82. The molecule has 134 valence electrons. The lowest BCUT2D eigenvalue weighted by Crippen LogP contribution is -2.40. The fourth-order valence-corrected chi connectivity index (χ4v) is 4.74. The first-order chi connectivity index (χ1) is 10.9. The average molecular weight is 333 g/mol. The van der Waals surface area contributed by atoms with Gasteiger partial charge in [0.15, 0.2) is 0 Å². The lowest BCUT2D eigenvalue weighted by molar-refractivity contribution is -0.173. The predicted molar refractivity (Wildman–Crippen MR) is 84.9 cm³/mol. The summed E-state index contributed by atoms with van der Waals surface area (Å²) in [5.41, 5.74) is 0. The summed E-state index contributed by atoms with van der Waals surface area (Å²) in [4.78, 5) is 10.9. The number of carbonyl (C=O) groups excluding carboxylic acids is 1. The summed E-state index contributed by atoms with van der Waals surface area (Å²) in [5.74, 6) is 0.940. The second kappa shape index (κ2) is 8.39. The van der Waals surface area contributed by atoms with Crippen LogP contribution in [0.15, 0.2) is 0 Å².